The molecule has 0 N–H and O–H groups in total. The van der Waals surface area contributed by atoms with Crippen LogP contribution in [0.2, 0.25) is 0 Å². The summed E-state index contributed by atoms with van der Waals surface area (Å²) in [4.78, 5) is 27.3. The minimum atomic E-state index is -0.375. The SMILES string of the molecule is [CH-]=CN([C]#[U])C(=O)c1ccc2c(C3CCCCC3)c3n(c2c1)CC(C(=O)OC)=Cc1cc(OC)ccc1-3. The Labute approximate surface area is 235 Å². The van der Waals surface area contributed by atoms with Crippen LogP contribution < -0.4 is 4.74 Å². The Balaban J connectivity index is 1.83. The number of aromatic nitrogens is 1. The van der Waals surface area contributed by atoms with Crippen molar-refractivity contribution in [3.8, 4) is 19.9 Å². The van der Waals surface area contributed by atoms with Crippen LogP contribution in [0, 0.1) is 38.2 Å². The second-order valence-corrected chi connectivity index (χ2v) is 10.4. The van der Waals surface area contributed by atoms with E-state index in [2.05, 4.69) is 19.6 Å². The summed E-state index contributed by atoms with van der Waals surface area (Å²) in [6.45, 7) is 6.02. The second kappa shape index (κ2) is 10.8. The van der Waals surface area contributed by atoms with E-state index in [0.29, 0.717) is 52.3 Å². The fourth-order valence-electron chi connectivity index (χ4n) is 5.72. The van der Waals surface area contributed by atoms with E-state index in [-0.39, 0.29) is 11.9 Å². The molecule has 0 saturated heterocycles. The summed E-state index contributed by atoms with van der Waals surface area (Å²) in [5.41, 5.74) is 6.35. The van der Waals surface area contributed by atoms with Gasteiger partial charge < -0.3 is 4.74 Å². The molecule has 0 radical (unpaired) electrons. The van der Waals surface area contributed by atoms with E-state index in [1.165, 1.54) is 43.0 Å². The van der Waals surface area contributed by atoms with Crippen LogP contribution in [0.1, 0.15) is 59.5 Å². The standard InChI is InChI=1S/C30H28N2O4.U/c1-5-31(2)29(33)20-11-13-25-26(17-20)32-18-22(30(34)36-4)15-21-16-23(35-3)12-14-24(21)28(32)27(25)19-9-7-6-8-10-19;/h1,5,11-17,19H,6-10,18H2,3-4H3;/q-1;. The number of ether oxygens (including phenoxy) is 2. The van der Waals surface area contributed by atoms with Crippen LogP contribution in [-0.2, 0) is 16.1 Å². The molecule has 5 rings (SSSR count). The molecule has 0 bridgehead atoms. The molecular formula is C30H28N2O4U-. The van der Waals surface area contributed by atoms with Gasteiger partial charge >= 0.3 is 224 Å². The molecule has 3 aromatic rings. The van der Waals surface area contributed by atoms with Crippen LogP contribution in [0.15, 0.2) is 48.2 Å². The van der Waals surface area contributed by atoms with E-state index in [4.69, 9.17) is 16.1 Å². The van der Waals surface area contributed by atoms with Gasteiger partial charge in [-0.1, -0.05) is 0 Å². The van der Waals surface area contributed by atoms with Gasteiger partial charge in [0.25, 0.3) is 0 Å². The molecule has 2 heterocycles. The number of hydrogen-bond donors (Lipinski definition) is 0. The second-order valence-electron chi connectivity index (χ2n) is 9.47. The number of methoxy groups -OCH3 is 2. The van der Waals surface area contributed by atoms with Crippen molar-refractivity contribution in [1.82, 2.24) is 9.47 Å². The molecule has 187 valence electrons. The zero-order valence-corrected chi connectivity index (χ0v) is 25.2. The first-order chi connectivity index (χ1) is 18.0. The maximum absolute atomic E-state index is 13.2. The van der Waals surface area contributed by atoms with Gasteiger partial charge in [-0.2, -0.15) is 0 Å². The van der Waals surface area contributed by atoms with Crippen LogP contribution in [-0.4, -0.2) is 35.6 Å². The number of nitrogens with zero attached hydrogens (tertiary/aromatic N) is 2. The Hall–Kier alpha value is -2.97. The van der Waals surface area contributed by atoms with E-state index in [0.717, 1.165) is 46.3 Å². The molecule has 2 aromatic carbocycles. The predicted octanol–water partition coefficient (Wildman–Crippen LogP) is 5.79. The maximum atomic E-state index is 13.2. The number of carbonyl (C=O) groups excluding carboxylic acids is 2. The monoisotopic (exact) mass is 718 g/mol. The van der Waals surface area contributed by atoms with E-state index in [9.17, 15) is 9.59 Å². The van der Waals surface area contributed by atoms with Crippen LogP contribution in [0.5, 0.6) is 5.75 Å². The Kier molecular flexibility index (Phi) is 7.49. The zero-order valence-electron chi connectivity index (χ0n) is 21.0. The van der Waals surface area contributed by atoms with Crippen molar-refractivity contribution in [1.29, 1.82) is 0 Å². The van der Waals surface area contributed by atoms with Crippen LogP contribution in [0.3, 0.4) is 0 Å². The molecule has 2 aliphatic rings. The predicted molar refractivity (Wildman–Crippen MR) is 139 cm³/mol. The number of fused-ring (bicyclic) bond motifs is 5. The van der Waals surface area contributed by atoms with E-state index in [1.54, 1.807) is 7.11 Å². The third kappa shape index (κ3) is 4.61. The molecule has 1 aromatic heterocycles. The number of carbonyl (C=O) groups is 2. The Morgan fingerprint density at radius 3 is 2.59 bits per heavy atom. The zero-order chi connectivity index (χ0) is 26.1. The normalized spacial score (nSPS) is 15.1. The first-order valence-corrected chi connectivity index (χ1v) is 14.5. The van der Waals surface area contributed by atoms with Gasteiger partial charge in [-0.05, 0) is 0 Å². The summed E-state index contributed by atoms with van der Waals surface area (Å²) in [5.74, 6) is 0.539. The molecule has 1 aliphatic heterocycles. The quantitative estimate of drug-likeness (QED) is 0.191. The number of amides is 1. The van der Waals surface area contributed by atoms with Crippen LogP contribution in [0.4, 0.5) is 0 Å². The third-order valence-corrected chi connectivity index (χ3v) is 8.48. The summed E-state index contributed by atoms with van der Waals surface area (Å²) >= 11 is 0.349. The molecule has 7 heteroatoms. The van der Waals surface area contributed by atoms with Gasteiger partial charge in [-0.15, -0.1) is 0 Å². The molecular weight excluding hydrogens is 690 g/mol. The summed E-state index contributed by atoms with van der Waals surface area (Å²) in [6, 6.07) is 11.9. The van der Waals surface area contributed by atoms with Gasteiger partial charge in [0.05, 0.1) is 7.11 Å². The average molecular weight is 719 g/mol. The van der Waals surface area contributed by atoms with E-state index < -0.39 is 0 Å². The molecule has 0 unspecified atom stereocenters. The first-order valence-electron chi connectivity index (χ1n) is 12.4. The molecule has 1 amide bonds. The van der Waals surface area contributed by atoms with Crippen molar-refractivity contribution in [2.75, 3.05) is 14.2 Å². The Morgan fingerprint density at radius 1 is 1.14 bits per heavy atom. The molecule has 1 fully saturated rings. The van der Waals surface area contributed by atoms with E-state index >= 15 is 0 Å². The van der Waals surface area contributed by atoms with Crippen molar-refractivity contribution in [2.45, 2.75) is 44.6 Å². The molecule has 6 nitrogen and oxygen atoms in total. The van der Waals surface area contributed by atoms with Crippen LogP contribution in [0.25, 0.3) is 28.2 Å². The summed E-state index contributed by atoms with van der Waals surface area (Å²) in [5, 5.41) is 1.12. The van der Waals surface area contributed by atoms with Gasteiger partial charge in [0.15, 0.2) is 0 Å². The number of hydrogen-bond acceptors (Lipinski definition) is 4. The van der Waals surface area contributed by atoms with Crippen molar-refractivity contribution < 1.29 is 47.8 Å². The minimum absolute atomic E-state index is 0.218. The van der Waals surface area contributed by atoms with Crippen molar-refractivity contribution in [3.05, 3.63) is 71.4 Å². The van der Waals surface area contributed by atoms with Gasteiger partial charge in [-0.3, -0.25) is 0 Å². The van der Waals surface area contributed by atoms with Gasteiger partial charge in [-0.25, -0.2) is 0 Å². The summed E-state index contributed by atoms with van der Waals surface area (Å²) < 4.78 is 15.8. The van der Waals surface area contributed by atoms with Gasteiger partial charge in [0, 0.05) is 0 Å². The van der Waals surface area contributed by atoms with Crippen molar-refractivity contribution in [2.24, 2.45) is 0 Å². The fraction of sp³-hybridized carbons (Fsp3) is 0.300. The fourth-order valence-corrected chi connectivity index (χ4v) is 6.46. The van der Waals surface area contributed by atoms with Gasteiger partial charge in [0.1, 0.15) is 0 Å². The molecule has 0 spiro atoms. The number of rotatable bonds is 5. The first kappa shape index (κ1) is 25.7. The van der Waals surface area contributed by atoms with Crippen molar-refractivity contribution >= 4 is 28.9 Å². The third-order valence-electron chi connectivity index (χ3n) is 7.47. The average Bonchev–Trinajstić information content (AvgIpc) is 3.15. The number of benzene rings is 2. The summed E-state index contributed by atoms with van der Waals surface area (Å²) in [7, 11) is 3.04. The van der Waals surface area contributed by atoms with Crippen LogP contribution >= 0.6 is 0 Å². The number of esters is 1. The molecule has 1 aliphatic carbocycles. The molecule has 1 saturated carbocycles. The molecule has 0 atom stereocenters. The Bertz CT molecular complexity index is 1490. The molecule has 37 heavy (non-hydrogen) atoms. The van der Waals surface area contributed by atoms with Gasteiger partial charge in [0.2, 0.25) is 0 Å². The Morgan fingerprint density at radius 2 is 1.92 bits per heavy atom. The van der Waals surface area contributed by atoms with E-state index in [1.807, 2.05) is 30.3 Å². The summed E-state index contributed by atoms with van der Waals surface area (Å²) in [6.07, 6.45) is 9.05. The van der Waals surface area contributed by atoms with Crippen molar-refractivity contribution in [3.63, 3.8) is 0 Å². The topological polar surface area (TPSA) is 60.8 Å².